The van der Waals surface area contributed by atoms with E-state index in [0.717, 1.165) is 30.8 Å². The van der Waals surface area contributed by atoms with Crippen LogP contribution in [0.25, 0.3) is 0 Å². The fraction of sp³-hybridized carbons (Fsp3) is 0.600. The molecule has 0 bridgehead atoms. The Morgan fingerprint density at radius 2 is 2.11 bits per heavy atom. The summed E-state index contributed by atoms with van der Waals surface area (Å²) in [6, 6.07) is 8.27. The Labute approximate surface area is 114 Å². The first-order valence-corrected chi connectivity index (χ1v) is 7.68. The molecule has 0 aliphatic carbocycles. The van der Waals surface area contributed by atoms with Crippen molar-refractivity contribution in [3.63, 3.8) is 0 Å². The maximum atomic E-state index is 10.1. The van der Waals surface area contributed by atoms with Crippen molar-refractivity contribution in [3.05, 3.63) is 29.8 Å². The number of rotatable bonds is 3. The highest BCUT2D eigenvalue weighted by Gasteiger charge is 2.28. The average molecular weight is 265 g/mol. The highest BCUT2D eigenvalue weighted by molar-refractivity contribution is 8.00. The molecule has 18 heavy (non-hydrogen) atoms. The average Bonchev–Trinajstić information content (AvgIpc) is 2.36. The third-order valence-corrected chi connectivity index (χ3v) is 4.75. The van der Waals surface area contributed by atoms with E-state index in [-0.39, 0.29) is 6.10 Å². The lowest BCUT2D eigenvalue weighted by atomic mass is 10.0. The van der Waals surface area contributed by atoms with E-state index in [9.17, 15) is 5.11 Å². The van der Waals surface area contributed by atoms with E-state index >= 15 is 0 Å². The van der Waals surface area contributed by atoms with Gasteiger partial charge in [0, 0.05) is 34.8 Å². The van der Waals surface area contributed by atoms with Crippen LogP contribution in [0.5, 0.6) is 0 Å². The molecule has 0 spiro atoms. The Kier molecular flexibility index (Phi) is 4.23. The first-order chi connectivity index (χ1) is 8.53. The number of nitrogens with zero attached hydrogens (tertiary/aromatic N) is 1. The predicted octanol–water partition coefficient (Wildman–Crippen LogP) is 3.46. The number of benzene rings is 1. The number of anilines is 1. The smallest absolute Gasteiger partial charge is 0.0807 e. The van der Waals surface area contributed by atoms with E-state index in [4.69, 9.17) is 0 Å². The van der Waals surface area contributed by atoms with E-state index in [2.05, 4.69) is 36.9 Å². The maximum absolute atomic E-state index is 10.1. The molecule has 0 saturated carbocycles. The predicted molar refractivity (Wildman–Crippen MR) is 80.4 cm³/mol. The maximum Gasteiger partial charge on any atom is 0.0807 e. The summed E-state index contributed by atoms with van der Waals surface area (Å²) in [5, 5.41) is 10.1. The van der Waals surface area contributed by atoms with Crippen LogP contribution >= 0.6 is 11.8 Å². The summed E-state index contributed by atoms with van der Waals surface area (Å²) in [5.41, 5.74) is 2.28. The number of hydrogen-bond donors (Lipinski definition) is 1. The molecule has 3 heteroatoms. The van der Waals surface area contributed by atoms with Crippen LogP contribution in [0.1, 0.15) is 38.9 Å². The molecule has 1 aromatic rings. The minimum Gasteiger partial charge on any atom is -0.388 e. The van der Waals surface area contributed by atoms with E-state index in [1.807, 2.05) is 24.8 Å². The number of para-hydroxylation sites is 1. The van der Waals surface area contributed by atoms with Gasteiger partial charge in [0.1, 0.15) is 0 Å². The molecule has 1 heterocycles. The van der Waals surface area contributed by atoms with Crippen LogP contribution in [-0.2, 0) is 0 Å². The summed E-state index contributed by atoms with van der Waals surface area (Å²) >= 11 is 2.03. The Bertz CT molecular complexity index is 405. The molecular weight excluding hydrogens is 242 g/mol. The third-order valence-electron chi connectivity index (χ3n) is 3.45. The van der Waals surface area contributed by atoms with Gasteiger partial charge in [0.05, 0.1) is 6.10 Å². The second kappa shape index (κ2) is 5.54. The first-order valence-electron chi connectivity index (χ1n) is 6.69. The summed E-state index contributed by atoms with van der Waals surface area (Å²) in [7, 11) is 0. The highest BCUT2D eigenvalue weighted by atomic mass is 32.2. The van der Waals surface area contributed by atoms with Crippen LogP contribution in [0.2, 0.25) is 0 Å². The monoisotopic (exact) mass is 265 g/mol. The summed E-state index contributed by atoms with van der Waals surface area (Å²) in [6.45, 7) is 8.73. The highest BCUT2D eigenvalue weighted by Crippen LogP contribution is 2.35. The lowest BCUT2D eigenvalue weighted by Crippen LogP contribution is -2.43. The molecule has 1 aliphatic heterocycles. The molecule has 0 aromatic heterocycles. The second-order valence-corrected chi connectivity index (χ2v) is 7.31. The Hall–Kier alpha value is -0.670. The Morgan fingerprint density at radius 3 is 2.78 bits per heavy atom. The van der Waals surface area contributed by atoms with Crippen LogP contribution in [0.4, 0.5) is 5.69 Å². The molecule has 0 amide bonds. The van der Waals surface area contributed by atoms with Gasteiger partial charge in [-0.2, -0.15) is 11.8 Å². The van der Waals surface area contributed by atoms with E-state index in [0.29, 0.717) is 4.75 Å². The fourth-order valence-electron chi connectivity index (χ4n) is 2.50. The third kappa shape index (κ3) is 3.01. The molecule has 1 aromatic carbocycles. The second-order valence-electron chi connectivity index (χ2n) is 5.51. The first kappa shape index (κ1) is 13.8. The van der Waals surface area contributed by atoms with E-state index < -0.39 is 0 Å². The number of aliphatic hydroxyl groups is 1. The lowest BCUT2D eigenvalue weighted by Gasteiger charge is -2.40. The Balaban J connectivity index is 2.27. The van der Waals surface area contributed by atoms with Crippen LogP contribution in [0, 0.1) is 0 Å². The van der Waals surface area contributed by atoms with Gasteiger partial charge in [0.25, 0.3) is 0 Å². The topological polar surface area (TPSA) is 23.5 Å². The van der Waals surface area contributed by atoms with Gasteiger partial charge in [-0.25, -0.2) is 0 Å². The van der Waals surface area contributed by atoms with Crippen molar-refractivity contribution >= 4 is 17.4 Å². The van der Waals surface area contributed by atoms with Crippen molar-refractivity contribution in [3.8, 4) is 0 Å². The van der Waals surface area contributed by atoms with Gasteiger partial charge in [-0.15, -0.1) is 0 Å². The standard InChI is InChI=1S/C15H23NOS/c1-4-14(17)12-7-5-6-8-13(12)16-9-10-18-15(2,3)11-16/h5-8,14,17H,4,9-11H2,1-3H3/t14-/m0/s1. The van der Waals surface area contributed by atoms with Crippen LogP contribution in [0.3, 0.4) is 0 Å². The molecule has 1 N–H and O–H groups in total. The van der Waals surface area contributed by atoms with Gasteiger partial charge >= 0.3 is 0 Å². The molecule has 2 rings (SSSR count). The zero-order valence-corrected chi connectivity index (χ0v) is 12.3. The summed E-state index contributed by atoms with van der Waals surface area (Å²) in [6.07, 6.45) is 0.419. The van der Waals surface area contributed by atoms with Gasteiger partial charge in [-0.3, -0.25) is 0 Å². The van der Waals surface area contributed by atoms with Gasteiger partial charge in [0.15, 0.2) is 0 Å². The molecule has 1 fully saturated rings. The van der Waals surface area contributed by atoms with Crippen molar-refractivity contribution in [2.75, 3.05) is 23.7 Å². The van der Waals surface area contributed by atoms with Gasteiger partial charge in [-0.05, 0) is 26.3 Å². The zero-order valence-electron chi connectivity index (χ0n) is 11.5. The lowest BCUT2D eigenvalue weighted by molar-refractivity contribution is 0.174. The summed E-state index contributed by atoms with van der Waals surface area (Å²) in [5.74, 6) is 1.16. The quantitative estimate of drug-likeness (QED) is 0.905. The van der Waals surface area contributed by atoms with Gasteiger partial charge in [0.2, 0.25) is 0 Å². The largest absolute Gasteiger partial charge is 0.388 e. The summed E-state index contributed by atoms with van der Waals surface area (Å²) < 4.78 is 0.294. The molecular formula is C15H23NOS. The minimum atomic E-state index is -0.348. The fourth-order valence-corrected chi connectivity index (χ4v) is 3.61. The van der Waals surface area contributed by atoms with Crippen molar-refractivity contribution in [1.29, 1.82) is 0 Å². The molecule has 1 saturated heterocycles. The van der Waals surface area contributed by atoms with Crippen LogP contribution in [0.15, 0.2) is 24.3 Å². The molecule has 0 unspecified atom stereocenters. The van der Waals surface area contributed by atoms with Crippen molar-refractivity contribution < 1.29 is 5.11 Å². The number of aliphatic hydroxyl groups excluding tert-OH is 1. The molecule has 1 aliphatic rings. The molecule has 1 atom stereocenters. The minimum absolute atomic E-state index is 0.294. The van der Waals surface area contributed by atoms with Crippen molar-refractivity contribution in [2.45, 2.75) is 38.0 Å². The molecule has 100 valence electrons. The van der Waals surface area contributed by atoms with Crippen molar-refractivity contribution in [2.24, 2.45) is 0 Å². The normalized spacial score (nSPS) is 20.8. The number of hydrogen-bond acceptors (Lipinski definition) is 3. The van der Waals surface area contributed by atoms with Gasteiger partial charge in [-0.1, -0.05) is 25.1 Å². The van der Waals surface area contributed by atoms with Crippen LogP contribution in [-0.4, -0.2) is 28.7 Å². The SMILES string of the molecule is CC[C@H](O)c1ccccc1N1CCSC(C)(C)C1. The summed E-state index contributed by atoms with van der Waals surface area (Å²) in [4.78, 5) is 2.42. The van der Waals surface area contributed by atoms with E-state index in [1.165, 1.54) is 5.69 Å². The Morgan fingerprint density at radius 1 is 1.39 bits per heavy atom. The molecule has 2 nitrogen and oxygen atoms in total. The van der Waals surface area contributed by atoms with Crippen LogP contribution < -0.4 is 4.90 Å². The van der Waals surface area contributed by atoms with Crippen molar-refractivity contribution in [1.82, 2.24) is 0 Å². The number of thioether (sulfide) groups is 1. The molecule has 0 radical (unpaired) electrons. The zero-order chi connectivity index (χ0) is 13.2. The van der Waals surface area contributed by atoms with Gasteiger partial charge < -0.3 is 10.0 Å². The van der Waals surface area contributed by atoms with E-state index in [1.54, 1.807) is 0 Å².